The highest BCUT2D eigenvalue weighted by atomic mass is 19.1. The van der Waals surface area contributed by atoms with Gasteiger partial charge < -0.3 is 5.73 Å². The maximum atomic E-state index is 13.1. The van der Waals surface area contributed by atoms with E-state index < -0.39 is 0 Å². The van der Waals surface area contributed by atoms with E-state index in [-0.39, 0.29) is 11.9 Å². The number of rotatable bonds is 1. The van der Waals surface area contributed by atoms with Crippen molar-refractivity contribution in [2.75, 3.05) is 0 Å². The summed E-state index contributed by atoms with van der Waals surface area (Å²) in [5.41, 5.74) is 8.16. The van der Waals surface area contributed by atoms with Crippen LogP contribution in [0, 0.1) is 12.7 Å². The zero-order valence-corrected chi connectivity index (χ0v) is 7.69. The molecule has 0 aliphatic heterocycles. The van der Waals surface area contributed by atoms with Gasteiger partial charge in [0.1, 0.15) is 13.7 Å². The van der Waals surface area contributed by atoms with Gasteiger partial charge in [-0.15, -0.1) is 0 Å². The molecule has 0 saturated carbocycles. The molecule has 2 N–H and O–H groups in total. The molecule has 1 nitrogen and oxygen atoms in total. The summed E-state index contributed by atoms with van der Waals surface area (Å²) in [7, 11) is 1.77. The van der Waals surface area contributed by atoms with E-state index in [4.69, 9.17) is 5.73 Å². The molecule has 0 aromatic heterocycles. The molecular weight excluding hydrogens is 152 g/mol. The lowest BCUT2D eigenvalue weighted by molar-refractivity contribution is 0.629. The Balaban J connectivity index is 3.21. The maximum absolute atomic E-state index is 13.1. The van der Waals surface area contributed by atoms with Crippen LogP contribution in [-0.2, 0) is 0 Å². The van der Waals surface area contributed by atoms with Gasteiger partial charge in [0.2, 0.25) is 0 Å². The first kappa shape index (κ1) is 9.26. The second-order valence-electron chi connectivity index (χ2n) is 3.23. The van der Waals surface area contributed by atoms with Gasteiger partial charge in [-0.2, -0.15) is 0 Å². The number of aryl methyl sites for hydroxylation is 1. The van der Waals surface area contributed by atoms with Gasteiger partial charge in [0.05, 0.1) is 0 Å². The molecule has 64 valence electrons. The Hall–Kier alpha value is -0.825. The minimum Gasteiger partial charge on any atom is -0.324 e. The van der Waals surface area contributed by atoms with Gasteiger partial charge in [-0.1, -0.05) is 17.1 Å². The van der Waals surface area contributed by atoms with E-state index in [1.807, 2.05) is 19.9 Å². The molecule has 0 saturated heterocycles. The third kappa shape index (κ3) is 1.67. The molecule has 0 spiro atoms. The van der Waals surface area contributed by atoms with Crippen molar-refractivity contribution >= 4 is 13.3 Å². The maximum Gasteiger partial charge on any atom is 0.143 e. The summed E-state index contributed by atoms with van der Waals surface area (Å²) < 4.78 is 13.1. The molecule has 1 unspecified atom stereocenters. The van der Waals surface area contributed by atoms with Gasteiger partial charge >= 0.3 is 0 Å². The molecule has 0 bridgehead atoms. The number of halogens is 1. The van der Waals surface area contributed by atoms with E-state index in [1.165, 1.54) is 6.07 Å². The van der Waals surface area contributed by atoms with Crippen molar-refractivity contribution < 1.29 is 4.39 Å². The van der Waals surface area contributed by atoms with Crippen molar-refractivity contribution in [3.05, 3.63) is 29.1 Å². The highest BCUT2D eigenvalue weighted by Crippen LogP contribution is 2.11. The monoisotopic (exact) mass is 165 g/mol. The first-order chi connectivity index (χ1) is 5.52. The Bertz CT molecular complexity index is 274. The second-order valence-corrected chi connectivity index (χ2v) is 3.23. The van der Waals surface area contributed by atoms with Crippen LogP contribution in [0.4, 0.5) is 4.39 Å². The fraction of sp³-hybridized carbons (Fsp3) is 0.333. The summed E-state index contributed by atoms with van der Waals surface area (Å²) in [4.78, 5) is 0. The summed E-state index contributed by atoms with van der Waals surface area (Å²) in [6.07, 6.45) is 0. The lowest BCUT2D eigenvalue weighted by atomic mass is 9.88. The third-order valence-electron chi connectivity index (χ3n) is 2.15. The summed E-state index contributed by atoms with van der Waals surface area (Å²) >= 11 is 0. The summed E-state index contributed by atoms with van der Waals surface area (Å²) in [6.45, 7) is 3.74. The molecule has 1 aromatic carbocycles. The van der Waals surface area contributed by atoms with Crippen LogP contribution in [0.5, 0.6) is 0 Å². The molecule has 1 aromatic rings. The zero-order valence-electron chi connectivity index (χ0n) is 7.69. The molecule has 0 aliphatic rings. The Morgan fingerprint density at radius 3 is 2.50 bits per heavy atom. The van der Waals surface area contributed by atoms with Crippen molar-refractivity contribution in [2.24, 2.45) is 5.73 Å². The molecule has 0 fully saturated rings. The van der Waals surface area contributed by atoms with Crippen molar-refractivity contribution in [3.8, 4) is 0 Å². The fourth-order valence-electron chi connectivity index (χ4n) is 1.11. The largest absolute Gasteiger partial charge is 0.324 e. The van der Waals surface area contributed by atoms with Gasteiger partial charge in [-0.25, -0.2) is 4.39 Å². The van der Waals surface area contributed by atoms with Gasteiger partial charge in [0, 0.05) is 6.04 Å². The summed E-state index contributed by atoms with van der Waals surface area (Å²) in [5, 5.41) is 0. The van der Waals surface area contributed by atoms with E-state index in [9.17, 15) is 4.39 Å². The predicted molar refractivity (Wildman–Crippen MR) is 51.9 cm³/mol. The first-order valence-corrected chi connectivity index (χ1v) is 4.04. The minimum atomic E-state index is -0.165. The van der Waals surface area contributed by atoms with Gasteiger partial charge in [0.15, 0.2) is 0 Å². The highest BCUT2D eigenvalue weighted by molar-refractivity contribution is 6.33. The lowest BCUT2D eigenvalue weighted by Gasteiger charge is -2.09. The van der Waals surface area contributed by atoms with Crippen LogP contribution in [0.1, 0.15) is 24.1 Å². The van der Waals surface area contributed by atoms with Crippen molar-refractivity contribution in [3.63, 3.8) is 0 Å². The smallest absolute Gasteiger partial charge is 0.143 e. The second kappa shape index (κ2) is 3.27. The molecule has 12 heavy (non-hydrogen) atoms. The number of hydrogen-bond donors (Lipinski definition) is 1. The van der Waals surface area contributed by atoms with Crippen LogP contribution in [-0.4, -0.2) is 7.85 Å². The zero-order chi connectivity index (χ0) is 9.30. The van der Waals surface area contributed by atoms with E-state index in [2.05, 4.69) is 0 Å². The van der Waals surface area contributed by atoms with Gasteiger partial charge in [-0.3, -0.25) is 0 Å². The molecule has 1 rings (SSSR count). The van der Waals surface area contributed by atoms with Crippen LogP contribution in [0.3, 0.4) is 0 Å². The van der Waals surface area contributed by atoms with Crippen molar-refractivity contribution in [1.82, 2.24) is 0 Å². The third-order valence-corrected chi connectivity index (χ3v) is 2.15. The molecule has 0 aliphatic carbocycles. The predicted octanol–water partition coefficient (Wildman–Crippen LogP) is 0.412. The van der Waals surface area contributed by atoms with Crippen molar-refractivity contribution in [2.45, 2.75) is 19.9 Å². The number of hydrogen-bond acceptors (Lipinski definition) is 1. The SMILES string of the molecule is Bc1c(C)cc(C(C)N)cc1F. The molecular formula is C9H13BFN. The highest BCUT2D eigenvalue weighted by Gasteiger charge is 2.05. The molecule has 0 amide bonds. The quantitative estimate of drug-likeness (QED) is 0.599. The number of benzene rings is 1. The Morgan fingerprint density at radius 1 is 1.50 bits per heavy atom. The molecule has 0 radical (unpaired) electrons. The topological polar surface area (TPSA) is 26.0 Å². The first-order valence-electron chi connectivity index (χ1n) is 4.04. The lowest BCUT2D eigenvalue weighted by Crippen LogP contribution is -2.15. The average Bonchev–Trinajstić information content (AvgIpc) is 1.99. The Morgan fingerprint density at radius 2 is 2.08 bits per heavy atom. The van der Waals surface area contributed by atoms with E-state index in [1.54, 1.807) is 7.85 Å². The average molecular weight is 165 g/mol. The fourth-order valence-corrected chi connectivity index (χ4v) is 1.11. The minimum absolute atomic E-state index is 0.0983. The van der Waals surface area contributed by atoms with E-state index >= 15 is 0 Å². The van der Waals surface area contributed by atoms with E-state index in [0.717, 1.165) is 11.1 Å². The summed E-state index contributed by atoms with van der Waals surface area (Å²) in [5.74, 6) is -0.165. The van der Waals surface area contributed by atoms with Crippen LogP contribution >= 0.6 is 0 Å². The molecule has 1 atom stereocenters. The van der Waals surface area contributed by atoms with Gasteiger partial charge in [-0.05, 0) is 25.5 Å². The Labute approximate surface area is 73.2 Å². The van der Waals surface area contributed by atoms with E-state index in [0.29, 0.717) is 5.46 Å². The van der Waals surface area contributed by atoms with Crippen molar-refractivity contribution in [1.29, 1.82) is 0 Å². The normalized spacial score (nSPS) is 13.0. The molecule has 0 heterocycles. The van der Waals surface area contributed by atoms with Gasteiger partial charge in [0.25, 0.3) is 0 Å². The van der Waals surface area contributed by atoms with Crippen LogP contribution in [0.25, 0.3) is 0 Å². The number of nitrogens with two attached hydrogens (primary N) is 1. The molecule has 3 heteroatoms. The van der Waals surface area contributed by atoms with Crippen LogP contribution in [0.15, 0.2) is 12.1 Å². The Kier molecular flexibility index (Phi) is 2.53. The standard InChI is InChI=1S/C9H13BFN/c1-5-3-7(6(2)12)4-8(11)9(5)10/h3-4,6H,10,12H2,1-2H3. The van der Waals surface area contributed by atoms with Crippen LogP contribution < -0.4 is 11.2 Å². The summed E-state index contributed by atoms with van der Waals surface area (Å²) in [6, 6.07) is 3.34. The van der Waals surface area contributed by atoms with Crippen LogP contribution in [0.2, 0.25) is 0 Å².